The van der Waals surface area contributed by atoms with E-state index in [1.54, 1.807) is 14.2 Å². The first-order valence-electron chi connectivity index (χ1n) is 5.91. The number of hydrogen-bond acceptors (Lipinski definition) is 4. The normalized spacial score (nSPS) is 12.8. The van der Waals surface area contributed by atoms with Crippen LogP contribution < -0.4 is 5.73 Å². The van der Waals surface area contributed by atoms with Crippen LogP contribution in [0.25, 0.3) is 0 Å². The van der Waals surface area contributed by atoms with Gasteiger partial charge in [-0.15, -0.1) is 0 Å². The van der Waals surface area contributed by atoms with Gasteiger partial charge in [-0.1, -0.05) is 0 Å². The van der Waals surface area contributed by atoms with Crippen molar-refractivity contribution < 1.29 is 9.31 Å². The summed E-state index contributed by atoms with van der Waals surface area (Å²) in [5.74, 6) is 0.874. The van der Waals surface area contributed by atoms with E-state index in [1.807, 2.05) is 13.8 Å². The van der Waals surface area contributed by atoms with Gasteiger partial charge in [0.05, 0.1) is 5.69 Å². The zero-order valence-corrected chi connectivity index (χ0v) is 11.1. The molecule has 0 amide bonds. The first-order chi connectivity index (χ1) is 8.08. The number of nitrogens with zero attached hydrogens (tertiary/aromatic N) is 1. The molecule has 1 atom stereocenters. The lowest BCUT2D eigenvalue weighted by atomic mass is 9.76. The van der Waals surface area contributed by atoms with Gasteiger partial charge in [0, 0.05) is 25.9 Å². The smallest absolute Gasteiger partial charge is 0.413 e. The predicted molar refractivity (Wildman–Crippen MR) is 68.7 cm³/mol. The molecule has 0 saturated carbocycles. The lowest BCUT2D eigenvalue weighted by molar-refractivity contribution is 0.264. The van der Waals surface area contributed by atoms with Gasteiger partial charge in [0.15, 0.2) is 0 Å². The van der Waals surface area contributed by atoms with Crippen molar-refractivity contribution in [3.63, 3.8) is 0 Å². The summed E-state index contributed by atoms with van der Waals surface area (Å²) in [6.45, 7) is 4.01. The Kier molecular flexibility index (Phi) is 5.67. The minimum Gasteiger partial charge on any atom is -0.413 e. The molecule has 1 aromatic rings. The molecule has 0 spiro atoms. The third kappa shape index (κ3) is 4.14. The molecular weight excluding hydrogens is 217 g/mol. The number of rotatable bonds is 7. The highest BCUT2D eigenvalue weighted by Gasteiger charge is 2.24. The lowest BCUT2D eigenvalue weighted by Crippen LogP contribution is -2.42. The molecule has 0 bridgehead atoms. The summed E-state index contributed by atoms with van der Waals surface area (Å²) in [6.07, 6.45) is 2.78. The minimum atomic E-state index is -0.322. The van der Waals surface area contributed by atoms with E-state index in [0.717, 1.165) is 36.5 Å². The molecule has 0 radical (unpaired) electrons. The predicted octanol–water partition coefficient (Wildman–Crippen LogP) is 0.997. The molecule has 3 N–H and O–H groups in total. The molecular formula is C11H22BN3O2. The van der Waals surface area contributed by atoms with Gasteiger partial charge in [0.25, 0.3) is 0 Å². The fourth-order valence-electron chi connectivity index (χ4n) is 1.99. The van der Waals surface area contributed by atoms with Crippen LogP contribution in [0.2, 0.25) is 0 Å². The molecule has 1 aromatic heterocycles. The summed E-state index contributed by atoms with van der Waals surface area (Å²) < 4.78 is 10.2. The molecule has 0 aromatic carbocycles. The summed E-state index contributed by atoms with van der Waals surface area (Å²) in [5.41, 5.74) is 8.24. The fraction of sp³-hybridized carbons (Fsp3) is 0.727. The molecule has 1 heterocycles. The van der Waals surface area contributed by atoms with E-state index in [-0.39, 0.29) is 13.1 Å². The van der Waals surface area contributed by atoms with Crippen molar-refractivity contribution in [2.24, 2.45) is 5.73 Å². The maximum Gasteiger partial charge on any atom is 0.474 e. The minimum absolute atomic E-state index is 0.0923. The molecule has 1 unspecified atom stereocenters. The number of imidazole rings is 1. The average Bonchev–Trinajstić information content (AvgIpc) is 2.59. The standard InChI is InChI=1S/C11H22BN3O2/c1-8-10(15-9(2)14-8)6-5-7-11(13)12(16-3)17-4/h11H,5-7,13H2,1-4H3,(H,14,15). The molecule has 0 aliphatic carbocycles. The quantitative estimate of drug-likeness (QED) is 0.696. The summed E-state index contributed by atoms with van der Waals surface area (Å²) in [7, 11) is 2.89. The van der Waals surface area contributed by atoms with Crippen molar-refractivity contribution in [1.82, 2.24) is 9.97 Å². The monoisotopic (exact) mass is 239 g/mol. The van der Waals surface area contributed by atoms with E-state index in [0.29, 0.717) is 0 Å². The first kappa shape index (κ1) is 14.2. The Bertz CT molecular complexity index is 339. The number of nitrogens with two attached hydrogens (primary N) is 1. The van der Waals surface area contributed by atoms with Crippen LogP contribution in [0.3, 0.4) is 0 Å². The van der Waals surface area contributed by atoms with Gasteiger partial charge in [-0.25, -0.2) is 4.98 Å². The Labute approximate surface area is 103 Å². The van der Waals surface area contributed by atoms with Gasteiger partial charge in [0.1, 0.15) is 5.82 Å². The Balaban J connectivity index is 2.35. The lowest BCUT2D eigenvalue weighted by Gasteiger charge is -2.15. The highest BCUT2D eigenvalue weighted by atomic mass is 16.6. The van der Waals surface area contributed by atoms with Crippen LogP contribution in [0.4, 0.5) is 0 Å². The van der Waals surface area contributed by atoms with E-state index >= 15 is 0 Å². The van der Waals surface area contributed by atoms with Crippen molar-refractivity contribution >= 4 is 7.12 Å². The van der Waals surface area contributed by atoms with E-state index in [9.17, 15) is 0 Å². The zero-order valence-electron chi connectivity index (χ0n) is 11.1. The third-order valence-corrected chi connectivity index (χ3v) is 2.87. The zero-order chi connectivity index (χ0) is 12.8. The van der Waals surface area contributed by atoms with E-state index in [4.69, 9.17) is 15.0 Å². The largest absolute Gasteiger partial charge is 0.474 e. The van der Waals surface area contributed by atoms with Gasteiger partial charge >= 0.3 is 7.12 Å². The maximum atomic E-state index is 5.97. The SMILES string of the molecule is COB(OC)C(N)CCCc1nc(C)[nH]c1C. The molecule has 0 aliphatic rings. The molecule has 0 aliphatic heterocycles. The van der Waals surface area contributed by atoms with Crippen molar-refractivity contribution in [3.8, 4) is 0 Å². The van der Waals surface area contributed by atoms with Crippen molar-refractivity contribution in [2.45, 2.75) is 39.1 Å². The molecule has 1 rings (SSSR count). The number of aromatic nitrogens is 2. The van der Waals surface area contributed by atoms with Crippen molar-refractivity contribution in [3.05, 3.63) is 17.2 Å². The summed E-state index contributed by atoms with van der Waals surface area (Å²) >= 11 is 0. The van der Waals surface area contributed by atoms with Crippen LogP contribution in [-0.2, 0) is 15.7 Å². The summed E-state index contributed by atoms with van der Waals surface area (Å²) in [4.78, 5) is 7.63. The second-order valence-electron chi connectivity index (χ2n) is 4.29. The number of aromatic amines is 1. The van der Waals surface area contributed by atoms with E-state index < -0.39 is 0 Å². The molecule has 6 heteroatoms. The number of nitrogens with one attached hydrogen (secondary N) is 1. The van der Waals surface area contributed by atoms with Gasteiger partial charge in [-0.05, 0) is 33.1 Å². The van der Waals surface area contributed by atoms with Crippen LogP contribution in [-0.4, -0.2) is 37.2 Å². The van der Waals surface area contributed by atoms with E-state index in [1.165, 1.54) is 0 Å². The first-order valence-corrected chi connectivity index (χ1v) is 5.91. The molecule has 96 valence electrons. The van der Waals surface area contributed by atoms with Crippen LogP contribution in [0.1, 0.15) is 30.1 Å². The number of hydrogen-bond donors (Lipinski definition) is 2. The molecule has 0 fully saturated rings. The Morgan fingerprint density at radius 1 is 1.35 bits per heavy atom. The topological polar surface area (TPSA) is 73.2 Å². The Morgan fingerprint density at radius 2 is 2.00 bits per heavy atom. The number of aryl methyl sites for hydroxylation is 3. The molecule has 0 saturated heterocycles. The van der Waals surface area contributed by atoms with Crippen LogP contribution in [0.15, 0.2) is 0 Å². The van der Waals surface area contributed by atoms with E-state index in [2.05, 4.69) is 9.97 Å². The summed E-state index contributed by atoms with van der Waals surface area (Å²) in [5, 5.41) is 0. The highest BCUT2D eigenvalue weighted by molar-refractivity contribution is 6.46. The third-order valence-electron chi connectivity index (χ3n) is 2.87. The van der Waals surface area contributed by atoms with Gasteiger partial charge in [-0.2, -0.15) is 0 Å². The highest BCUT2D eigenvalue weighted by Crippen LogP contribution is 2.10. The van der Waals surface area contributed by atoms with Crippen molar-refractivity contribution in [2.75, 3.05) is 14.2 Å². The fourth-order valence-corrected chi connectivity index (χ4v) is 1.99. The van der Waals surface area contributed by atoms with Gasteiger partial charge < -0.3 is 20.0 Å². The number of H-pyrrole nitrogens is 1. The van der Waals surface area contributed by atoms with Crippen LogP contribution in [0.5, 0.6) is 0 Å². The second kappa shape index (κ2) is 6.78. The molecule has 17 heavy (non-hydrogen) atoms. The van der Waals surface area contributed by atoms with Gasteiger partial charge in [0.2, 0.25) is 0 Å². The summed E-state index contributed by atoms with van der Waals surface area (Å²) in [6, 6.07) is 0. The second-order valence-corrected chi connectivity index (χ2v) is 4.29. The Morgan fingerprint density at radius 3 is 2.47 bits per heavy atom. The van der Waals surface area contributed by atoms with Crippen LogP contribution >= 0.6 is 0 Å². The van der Waals surface area contributed by atoms with Crippen molar-refractivity contribution in [1.29, 1.82) is 0 Å². The van der Waals surface area contributed by atoms with Crippen LogP contribution in [0, 0.1) is 13.8 Å². The van der Waals surface area contributed by atoms with Gasteiger partial charge in [-0.3, -0.25) is 0 Å². The average molecular weight is 239 g/mol. The molecule has 5 nitrogen and oxygen atoms in total. The Hall–Kier alpha value is -0.845. The maximum absolute atomic E-state index is 5.97.